The lowest BCUT2D eigenvalue weighted by atomic mass is 10.0. The van der Waals surface area contributed by atoms with Gasteiger partial charge >= 0.3 is 0 Å². The molecule has 1 aliphatic heterocycles. The quantitative estimate of drug-likeness (QED) is 0.293. The third-order valence-electron chi connectivity index (χ3n) is 6.81. The van der Waals surface area contributed by atoms with Gasteiger partial charge in [0.15, 0.2) is 5.75 Å². The van der Waals surface area contributed by atoms with Gasteiger partial charge in [-0.1, -0.05) is 42.5 Å². The zero-order chi connectivity index (χ0) is 29.1. The second kappa shape index (κ2) is 11.6. The highest BCUT2D eigenvalue weighted by molar-refractivity contribution is 7.89. The van der Waals surface area contributed by atoms with E-state index >= 15 is 0 Å². The molecule has 1 aromatic heterocycles. The van der Waals surface area contributed by atoms with Crippen molar-refractivity contribution in [2.75, 3.05) is 18.1 Å². The summed E-state index contributed by atoms with van der Waals surface area (Å²) in [5.74, 6) is -0.158. The number of fused-ring (bicyclic) bond motifs is 2. The van der Waals surface area contributed by atoms with Crippen LogP contribution in [-0.4, -0.2) is 38.4 Å². The van der Waals surface area contributed by atoms with Crippen LogP contribution in [0.4, 0.5) is 5.69 Å². The minimum absolute atomic E-state index is 0.0341. The van der Waals surface area contributed by atoms with Gasteiger partial charge in [0.2, 0.25) is 15.9 Å². The number of aromatic nitrogens is 1. The lowest BCUT2D eigenvalue weighted by Gasteiger charge is -2.19. The number of ether oxygens (including phenoxy) is 2. The Hall–Kier alpha value is -4.44. The van der Waals surface area contributed by atoms with Gasteiger partial charge in [-0.05, 0) is 55.7 Å². The molecule has 2 heterocycles. The monoisotopic (exact) mass is 573 g/mol. The molecule has 10 heteroatoms. The SMILES string of the molecule is CCOc1c2c(c(OCC)c3ncccc13)CN(c1ccc(CS(=O)(=O)NC(=O)Cc3ccccc3)cc1C)C2=O. The topological polar surface area (TPSA) is 115 Å². The maximum absolute atomic E-state index is 13.9. The first-order valence-electron chi connectivity index (χ1n) is 13.4. The van der Waals surface area contributed by atoms with Crippen molar-refractivity contribution in [1.29, 1.82) is 0 Å². The van der Waals surface area contributed by atoms with Crippen LogP contribution in [0, 0.1) is 6.92 Å². The third kappa shape index (κ3) is 5.74. The Kier molecular flexibility index (Phi) is 7.94. The van der Waals surface area contributed by atoms with Crippen LogP contribution in [0.5, 0.6) is 11.5 Å². The molecule has 0 atom stereocenters. The van der Waals surface area contributed by atoms with Gasteiger partial charge in [0.05, 0.1) is 37.5 Å². The molecule has 0 aliphatic carbocycles. The molecule has 1 N–H and O–H groups in total. The number of hydrogen-bond donors (Lipinski definition) is 1. The van der Waals surface area contributed by atoms with Crippen LogP contribution in [0.1, 0.15) is 46.5 Å². The number of aryl methyl sites for hydroxylation is 1. The van der Waals surface area contributed by atoms with Crippen molar-refractivity contribution in [3.8, 4) is 11.5 Å². The number of nitrogens with one attached hydrogen (secondary N) is 1. The Labute approximate surface area is 239 Å². The van der Waals surface area contributed by atoms with Gasteiger partial charge in [-0.25, -0.2) is 8.42 Å². The molecule has 212 valence electrons. The maximum atomic E-state index is 13.9. The van der Waals surface area contributed by atoms with E-state index in [0.717, 1.165) is 5.56 Å². The normalized spacial score (nSPS) is 12.9. The van der Waals surface area contributed by atoms with Gasteiger partial charge in [0.1, 0.15) is 11.3 Å². The molecule has 0 saturated carbocycles. The Morgan fingerprint density at radius 3 is 2.41 bits per heavy atom. The van der Waals surface area contributed by atoms with Crippen LogP contribution in [0.2, 0.25) is 0 Å². The third-order valence-corrected chi connectivity index (χ3v) is 8.06. The number of benzene rings is 3. The van der Waals surface area contributed by atoms with Crippen molar-refractivity contribution < 1.29 is 27.5 Å². The molecule has 2 amide bonds. The second-order valence-electron chi connectivity index (χ2n) is 9.74. The van der Waals surface area contributed by atoms with Crippen LogP contribution in [0.3, 0.4) is 0 Å². The smallest absolute Gasteiger partial charge is 0.262 e. The highest BCUT2D eigenvalue weighted by Gasteiger charge is 2.37. The number of rotatable bonds is 10. The second-order valence-corrected chi connectivity index (χ2v) is 11.5. The molecule has 4 aromatic rings. The van der Waals surface area contributed by atoms with Crippen molar-refractivity contribution in [2.24, 2.45) is 0 Å². The molecular formula is C31H31N3O6S. The molecule has 0 spiro atoms. The maximum Gasteiger partial charge on any atom is 0.262 e. The van der Waals surface area contributed by atoms with Gasteiger partial charge < -0.3 is 14.4 Å². The Morgan fingerprint density at radius 2 is 1.71 bits per heavy atom. The summed E-state index contributed by atoms with van der Waals surface area (Å²) < 4.78 is 39.6. The molecule has 0 saturated heterocycles. The predicted molar refractivity (Wildman–Crippen MR) is 157 cm³/mol. The minimum Gasteiger partial charge on any atom is -0.492 e. The molecule has 0 bridgehead atoms. The average molecular weight is 574 g/mol. The number of nitrogens with zero attached hydrogens (tertiary/aromatic N) is 2. The van der Waals surface area contributed by atoms with Gasteiger partial charge in [0, 0.05) is 22.8 Å². The van der Waals surface area contributed by atoms with E-state index in [1.165, 1.54) is 0 Å². The fourth-order valence-electron chi connectivity index (χ4n) is 5.18. The van der Waals surface area contributed by atoms with E-state index in [2.05, 4.69) is 9.71 Å². The first kappa shape index (κ1) is 28.1. The van der Waals surface area contributed by atoms with Gasteiger partial charge in [0.25, 0.3) is 5.91 Å². The number of sulfonamides is 1. The van der Waals surface area contributed by atoms with Crippen LogP contribution >= 0.6 is 0 Å². The summed E-state index contributed by atoms with van der Waals surface area (Å²) in [6.45, 7) is 6.60. The molecule has 1 aliphatic rings. The van der Waals surface area contributed by atoms with E-state index in [0.29, 0.717) is 63.6 Å². The van der Waals surface area contributed by atoms with Gasteiger partial charge in [-0.3, -0.25) is 19.3 Å². The summed E-state index contributed by atoms with van der Waals surface area (Å²) in [5, 5.41) is 0.707. The molecule has 9 nitrogen and oxygen atoms in total. The first-order valence-corrected chi connectivity index (χ1v) is 15.0. The summed E-state index contributed by atoms with van der Waals surface area (Å²) in [6.07, 6.45) is 1.65. The molecule has 0 unspecified atom stereocenters. The highest BCUT2D eigenvalue weighted by atomic mass is 32.2. The summed E-state index contributed by atoms with van der Waals surface area (Å²) in [7, 11) is -3.92. The standard InChI is InChI=1S/C31H31N3O6S/c1-4-39-29-23-12-9-15-32-28(23)30(40-5-2)24-18-34(31(36)27(24)29)25-14-13-22(16-20(25)3)19-41(37,38)33-26(35)17-21-10-7-6-8-11-21/h6-16H,4-5,17-19H2,1-3H3,(H,33,35). The fraction of sp³-hybridized carbons (Fsp3) is 0.258. The summed E-state index contributed by atoms with van der Waals surface area (Å²) in [5.41, 5.74) is 4.37. The van der Waals surface area contributed by atoms with Crippen molar-refractivity contribution in [3.05, 3.63) is 94.7 Å². The molecule has 0 radical (unpaired) electrons. The highest BCUT2D eigenvalue weighted by Crippen LogP contribution is 2.45. The summed E-state index contributed by atoms with van der Waals surface area (Å²) >= 11 is 0. The van der Waals surface area contributed by atoms with E-state index < -0.39 is 15.9 Å². The van der Waals surface area contributed by atoms with Crippen LogP contribution in [0.15, 0.2) is 66.9 Å². The summed E-state index contributed by atoms with van der Waals surface area (Å²) in [6, 6.07) is 17.7. The van der Waals surface area contributed by atoms with Crippen molar-refractivity contribution in [2.45, 2.75) is 39.5 Å². The fourth-order valence-corrected chi connectivity index (χ4v) is 6.29. The molecule has 0 fully saturated rings. The average Bonchev–Trinajstić information content (AvgIpc) is 3.27. The Balaban J connectivity index is 1.41. The van der Waals surface area contributed by atoms with E-state index in [4.69, 9.17) is 9.47 Å². The molecular weight excluding hydrogens is 542 g/mol. The minimum atomic E-state index is -3.92. The molecule has 3 aromatic carbocycles. The Bertz CT molecular complexity index is 1740. The lowest BCUT2D eigenvalue weighted by molar-refractivity contribution is -0.118. The van der Waals surface area contributed by atoms with E-state index in [-0.39, 0.29) is 24.6 Å². The van der Waals surface area contributed by atoms with E-state index in [9.17, 15) is 18.0 Å². The number of carbonyl (C=O) groups is 2. The van der Waals surface area contributed by atoms with Crippen LogP contribution in [-0.2, 0) is 33.5 Å². The molecule has 41 heavy (non-hydrogen) atoms. The van der Waals surface area contributed by atoms with Crippen molar-refractivity contribution in [3.63, 3.8) is 0 Å². The first-order chi connectivity index (χ1) is 19.7. The van der Waals surface area contributed by atoms with Crippen molar-refractivity contribution in [1.82, 2.24) is 9.71 Å². The summed E-state index contributed by atoms with van der Waals surface area (Å²) in [4.78, 5) is 32.4. The number of hydrogen-bond acceptors (Lipinski definition) is 7. The lowest BCUT2D eigenvalue weighted by Crippen LogP contribution is -2.32. The predicted octanol–water partition coefficient (Wildman–Crippen LogP) is 4.69. The number of pyridine rings is 1. The number of anilines is 1. The largest absolute Gasteiger partial charge is 0.492 e. The van der Waals surface area contributed by atoms with Crippen LogP contribution in [0.25, 0.3) is 10.9 Å². The van der Waals surface area contributed by atoms with E-state index in [1.807, 2.05) is 32.9 Å². The number of amides is 2. The van der Waals surface area contributed by atoms with Crippen LogP contribution < -0.4 is 19.1 Å². The Morgan fingerprint density at radius 1 is 0.976 bits per heavy atom. The number of carbonyl (C=O) groups excluding carboxylic acids is 2. The zero-order valence-corrected chi connectivity index (χ0v) is 24.0. The zero-order valence-electron chi connectivity index (χ0n) is 23.1. The van der Waals surface area contributed by atoms with Crippen molar-refractivity contribution >= 4 is 38.4 Å². The van der Waals surface area contributed by atoms with E-state index in [1.54, 1.807) is 59.6 Å². The van der Waals surface area contributed by atoms with Gasteiger partial charge in [-0.2, -0.15) is 0 Å². The molecule has 5 rings (SSSR count). The van der Waals surface area contributed by atoms with Gasteiger partial charge in [-0.15, -0.1) is 0 Å².